The van der Waals surface area contributed by atoms with Crippen LogP contribution in [0.5, 0.6) is 0 Å². The molecule has 7 nitrogen and oxygen atoms in total. The summed E-state index contributed by atoms with van der Waals surface area (Å²) in [6.45, 7) is 7.08. The molecule has 0 radical (unpaired) electrons. The van der Waals surface area contributed by atoms with E-state index < -0.39 is 0 Å². The number of carbonyl (C=O) groups is 2. The van der Waals surface area contributed by atoms with Crippen molar-refractivity contribution in [2.75, 3.05) is 33.4 Å². The summed E-state index contributed by atoms with van der Waals surface area (Å²) in [5.41, 5.74) is 5.74. The molecule has 4 rings (SSSR count). The summed E-state index contributed by atoms with van der Waals surface area (Å²) in [5.74, 6) is -0.0124. The number of hydrogen-bond donors (Lipinski definition) is 1. The fraction of sp³-hybridized carbons (Fsp3) is 0.414. The van der Waals surface area contributed by atoms with Gasteiger partial charge in [-0.15, -0.1) is 0 Å². The highest BCUT2D eigenvalue weighted by Crippen LogP contribution is 2.26. The average molecular weight is 489 g/mol. The van der Waals surface area contributed by atoms with E-state index in [2.05, 4.69) is 36.5 Å². The van der Waals surface area contributed by atoms with Gasteiger partial charge in [-0.3, -0.25) is 14.3 Å². The number of nitrogens with one attached hydrogen (secondary N) is 1. The molecule has 1 aliphatic heterocycles. The second-order valence-electron chi connectivity index (χ2n) is 9.64. The van der Waals surface area contributed by atoms with Crippen LogP contribution in [-0.2, 0) is 16.1 Å². The highest BCUT2D eigenvalue weighted by molar-refractivity contribution is 6.00. The molecule has 0 saturated carbocycles. The topological polar surface area (TPSA) is 76.5 Å². The number of ether oxygens (including phenoxy) is 1. The third-order valence-electron chi connectivity index (χ3n) is 6.76. The Kier molecular flexibility index (Phi) is 8.54. The van der Waals surface area contributed by atoms with Gasteiger partial charge >= 0.3 is 0 Å². The largest absolute Gasteiger partial charge is 0.385 e. The molecule has 0 atom stereocenters. The average Bonchev–Trinajstić information content (AvgIpc) is 3.31. The minimum absolute atomic E-state index is 0.0281. The van der Waals surface area contributed by atoms with Crippen LogP contribution >= 0.6 is 0 Å². The van der Waals surface area contributed by atoms with Gasteiger partial charge in [0.25, 0.3) is 5.91 Å². The van der Waals surface area contributed by atoms with Crippen LogP contribution in [0, 0.1) is 19.8 Å². The molecule has 1 N–H and O–H groups in total. The molecule has 1 fully saturated rings. The zero-order valence-corrected chi connectivity index (χ0v) is 21.5. The first-order valence-electron chi connectivity index (χ1n) is 12.7. The lowest BCUT2D eigenvalue weighted by atomic mass is 9.95. The van der Waals surface area contributed by atoms with Gasteiger partial charge in [0.05, 0.1) is 12.1 Å². The highest BCUT2D eigenvalue weighted by atomic mass is 16.5. The Morgan fingerprint density at radius 1 is 1.00 bits per heavy atom. The first-order valence-corrected chi connectivity index (χ1v) is 12.7. The Balaban J connectivity index is 1.48. The number of hydrogen-bond acceptors (Lipinski definition) is 4. The van der Waals surface area contributed by atoms with Gasteiger partial charge in [-0.25, -0.2) is 0 Å². The van der Waals surface area contributed by atoms with Crippen molar-refractivity contribution in [3.63, 3.8) is 0 Å². The van der Waals surface area contributed by atoms with Crippen molar-refractivity contribution in [2.24, 2.45) is 5.92 Å². The number of aromatic nitrogens is 2. The molecule has 36 heavy (non-hydrogen) atoms. The van der Waals surface area contributed by atoms with Crippen molar-refractivity contribution in [1.82, 2.24) is 20.0 Å². The van der Waals surface area contributed by atoms with Gasteiger partial charge in [0.1, 0.15) is 5.69 Å². The van der Waals surface area contributed by atoms with Crippen LogP contribution < -0.4 is 5.32 Å². The molecule has 0 aliphatic carbocycles. The predicted molar refractivity (Wildman–Crippen MR) is 141 cm³/mol. The SMILES string of the molecule is COCCCNC(=O)C1CCN(C(=O)c2cn(Cc3ccc(C)cc3)nc2-c2ccc(C)cc2)CC1. The highest BCUT2D eigenvalue weighted by Gasteiger charge is 2.30. The number of methoxy groups -OCH3 is 1. The van der Waals surface area contributed by atoms with E-state index in [0.717, 1.165) is 23.1 Å². The lowest BCUT2D eigenvalue weighted by Crippen LogP contribution is -2.43. The van der Waals surface area contributed by atoms with Crippen molar-refractivity contribution >= 4 is 11.8 Å². The van der Waals surface area contributed by atoms with E-state index in [1.165, 1.54) is 5.56 Å². The zero-order chi connectivity index (χ0) is 25.5. The second kappa shape index (κ2) is 12.0. The third-order valence-corrected chi connectivity index (χ3v) is 6.76. The standard InChI is InChI=1S/C29H36N4O3/c1-21-5-9-23(10-6-21)19-33-20-26(27(31-33)24-11-7-22(2)8-12-24)29(35)32-16-13-25(14-17-32)28(34)30-15-4-18-36-3/h5-12,20,25H,4,13-19H2,1-3H3,(H,30,34). The smallest absolute Gasteiger partial charge is 0.257 e. The van der Waals surface area contributed by atoms with Crippen molar-refractivity contribution in [3.8, 4) is 11.3 Å². The molecule has 0 spiro atoms. The van der Waals surface area contributed by atoms with Gasteiger partial charge < -0.3 is 15.0 Å². The Morgan fingerprint density at radius 2 is 1.64 bits per heavy atom. The van der Waals surface area contributed by atoms with E-state index >= 15 is 0 Å². The monoisotopic (exact) mass is 488 g/mol. The number of benzene rings is 2. The first-order chi connectivity index (χ1) is 17.4. The molecule has 1 aliphatic rings. The summed E-state index contributed by atoms with van der Waals surface area (Å²) in [6, 6.07) is 16.5. The van der Waals surface area contributed by atoms with Crippen molar-refractivity contribution in [3.05, 3.63) is 77.0 Å². The minimum atomic E-state index is -0.0579. The molecule has 1 saturated heterocycles. The minimum Gasteiger partial charge on any atom is -0.385 e. The van der Waals surface area contributed by atoms with Gasteiger partial charge in [0.2, 0.25) is 5.91 Å². The lowest BCUT2D eigenvalue weighted by molar-refractivity contribution is -0.126. The maximum atomic E-state index is 13.6. The van der Waals surface area contributed by atoms with E-state index in [4.69, 9.17) is 9.84 Å². The summed E-state index contributed by atoms with van der Waals surface area (Å²) in [4.78, 5) is 28.0. The van der Waals surface area contributed by atoms with Crippen LogP contribution in [0.3, 0.4) is 0 Å². The Bertz CT molecular complexity index is 1160. The van der Waals surface area contributed by atoms with Gasteiger partial charge in [0, 0.05) is 51.0 Å². The Hall–Kier alpha value is -3.45. The fourth-order valence-corrected chi connectivity index (χ4v) is 4.55. The van der Waals surface area contributed by atoms with E-state index in [1.54, 1.807) is 7.11 Å². The number of aryl methyl sites for hydroxylation is 2. The van der Waals surface area contributed by atoms with E-state index in [-0.39, 0.29) is 17.7 Å². The molecule has 0 unspecified atom stereocenters. The van der Waals surface area contributed by atoms with E-state index in [1.807, 2.05) is 47.0 Å². The number of piperidine rings is 1. The number of carbonyl (C=O) groups excluding carboxylic acids is 2. The molecular formula is C29H36N4O3. The third kappa shape index (κ3) is 6.40. The molecule has 2 amide bonds. The van der Waals surface area contributed by atoms with Crippen LogP contribution in [-0.4, -0.2) is 59.8 Å². The molecule has 2 aromatic carbocycles. The summed E-state index contributed by atoms with van der Waals surface area (Å²) in [7, 11) is 1.66. The van der Waals surface area contributed by atoms with E-state index in [9.17, 15) is 9.59 Å². The van der Waals surface area contributed by atoms with Crippen LogP contribution in [0.4, 0.5) is 0 Å². The fourth-order valence-electron chi connectivity index (χ4n) is 4.55. The van der Waals surface area contributed by atoms with Gasteiger partial charge in [-0.1, -0.05) is 59.7 Å². The lowest BCUT2D eigenvalue weighted by Gasteiger charge is -2.31. The van der Waals surface area contributed by atoms with Gasteiger partial charge in [-0.05, 0) is 38.7 Å². The number of nitrogens with zero attached hydrogens (tertiary/aromatic N) is 3. The first kappa shape index (κ1) is 25.6. The van der Waals surface area contributed by atoms with Crippen LogP contribution in [0.15, 0.2) is 54.7 Å². The molecule has 190 valence electrons. The van der Waals surface area contributed by atoms with Crippen LogP contribution in [0.25, 0.3) is 11.3 Å². The summed E-state index contributed by atoms with van der Waals surface area (Å²) in [6.07, 6.45) is 4.00. The summed E-state index contributed by atoms with van der Waals surface area (Å²) >= 11 is 0. The van der Waals surface area contributed by atoms with Crippen molar-refractivity contribution in [1.29, 1.82) is 0 Å². The number of rotatable bonds is 9. The Morgan fingerprint density at radius 3 is 2.28 bits per heavy atom. The predicted octanol–water partition coefficient (Wildman–Crippen LogP) is 4.22. The zero-order valence-electron chi connectivity index (χ0n) is 21.5. The molecule has 0 bridgehead atoms. The normalized spacial score (nSPS) is 14.1. The number of likely N-dealkylation sites (tertiary alicyclic amines) is 1. The second-order valence-corrected chi connectivity index (χ2v) is 9.64. The molecule has 7 heteroatoms. The van der Waals surface area contributed by atoms with Crippen molar-refractivity contribution < 1.29 is 14.3 Å². The van der Waals surface area contributed by atoms with Crippen LogP contribution in [0.2, 0.25) is 0 Å². The maximum Gasteiger partial charge on any atom is 0.257 e. The molecule has 2 heterocycles. The quantitative estimate of drug-likeness (QED) is 0.458. The summed E-state index contributed by atoms with van der Waals surface area (Å²) < 4.78 is 6.89. The summed E-state index contributed by atoms with van der Waals surface area (Å²) in [5, 5.41) is 7.82. The maximum absolute atomic E-state index is 13.6. The van der Waals surface area contributed by atoms with E-state index in [0.29, 0.717) is 56.9 Å². The van der Waals surface area contributed by atoms with Gasteiger partial charge in [-0.2, -0.15) is 5.10 Å². The molecule has 1 aromatic heterocycles. The van der Waals surface area contributed by atoms with Crippen LogP contribution in [0.1, 0.15) is 46.3 Å². The van der Waals surface area contributed by atoms with Gasteiger partial charge in [0.15, 0.2) is 0 Å². The number of amides is 2. The Labute approximate surface area is 213 Å². The molecule has 3 aromatic rings. The molecular weight excluding hydrogens is 452 g/mol. The van der Waals surface area contributed by atoms with Crippen molar-refractivity contribution in [2.45, 2.75) is 39.7 Å².